The van der Waals surface area contributed by atoms with Gasteiger partial charge in [0.2, 0.25) is 0 Å². The average Bonchev–Trinajstić information content (AvgIpc) is 2.38. The molecule has 0 fully saturated rings. The highest BCUT2D eigenvalue weighted by molar-refractivity contribution is 8.03. The topological polar surface area (TPSA) is 26.3 Å². The summed E-state index contributed by atoms with van der Waals surface area (Å²) in [5, 5.41) is 0. The molecule has 18 heavy (non-hydrogen) atoms. The Morgan fingerprint density at radius 3 is 2.72 bits per heavy atom. The number of hydrogen-bond donors (Lipinski definition) is 0. The monoisotopic (exact) mass is 264 g/mol. The zero-order valence-corrected chi connectivity index (χ0v) is 11.8. The van der Waals surface area contributed by atoms with E-state index in [1.54, 1.807) is 11.8 Å². The molecule has 0 amide bonds. The molecule has 0 unspecified atom stereocenters. The van der Waals surface area contributed by atoms with Crippen molar-refractivity contribution in [3.63, 3.8) is 0 Å². The summed E-state index contributed by atoms with van der Waals surface area (Å²) >= 11 is 1.67. The Labute approximate surface area is 113 Å². The van der Waals surface area contributed by atoms with Gasteiger partial charge < -0.3 is 4.74 Å². The Balaban J connectivity index is 2.31. The van der Waals surface area contributed by atoms with E-state index in [1.165, 1.54) is 4.90 Å². The molecule has 1 aromatic carbocycles. The van der Waals surface area contributed by atoms with Crippen LogP contribution in [0.2, 0.25) is 0 Å². The number of carbonyl (C=O) groups is 1. The molecule has 0 aromatic heterocycles. The summed E-state index contributed by atoms with van der Waals surface area (Å²) in [5.74, 6) is -0.142. The quantitative estimate of drug-likeness (QED) is 0.414. The second-order valence-corrected chi connectivity index (χ2v) is 5.33. The van der Waals surface area contributed by atoms with E-state index in [-0.39, 0.29) is 5.97 Å². The molecule has 0 atom stereocenters. The lowest BCUT2D eigenvalue weighted by Gasteiger charge is -2.03. The normalized spacial score (nSPS) is 11.3. The van der Waals surface area contributed by atoms with Crippen molar-refractivity contribution in [2.75, 3.05) is 6.61 Å². The predicted molar refractivity (Wildman–Crippen MR) is 76.5 cm³/mol. The van der Waals surface area contributed by atoms with Gasteiger partial charge >= 0.3 is 5.97 Å². The fraction of sp³-hybridized carbons (Fsp3) is 0.400. The largest absolute Gasteiger partial charge is 0.465 e. The van der Waals surface area contributed by atoms with Gasteiger partial charge in [0, 0.05) is 4.90 Å². The predicted octanol–water partition coefficient (Wildman–Crippen LogP) is 4.42. The minimum absolute atomic E-state index is 0.142. The van der Waals surface area contributed by atoms with E-state index in [0.717, 1.165) is 17.7 Å². The van der Waals surface area contributed by atoms with Gasteiger partial charge in [0.15, 0.2) is 0 Å². The van der Waals surface area contributed by atoms with E-state index in [1.807, 2.05) is 31.2 Å². The first-order valence-corrected chi connectivity index (χ1v) is 7.09. The number of rotatable bonds is 7. The van der Waals surface area contributed by atoms with Crippen LogP contribution in [-0.2, 0) is 9.53 Å². The van der Waals surface area contributed by atoms with Crippen molar-refractivity contribution in [2.24, 2.45) is 0 Å². The molecule has 0 heterocycles. The number of allylic oxidation sites excluding steroid dienone is 1. The van der Waals surface area contributed by atoms with Crippen LogP contribution in [0, 0.1) is 0 Å². The number of unbranched alkanes of at least 4 members (excludes halogenated alkanes) is 1. The standard InChI is InChI=1S/C15H20O2S/c1-3-4-12-17-15(16)11-10-13(2)18-14-8-6-5-7-9-14/h5-10H,3-4,11-12H2,1-2H3. The van der Waals surface area contributed by atoms with Crippen molar-refractivity contribution in [1.29, 1.82) is 0 Å². The number of ether oxygens (including phenoxy) is 1. The summed E-state index contributed by atoms with van der Waals surface area (Å²) in [5.41, 5.74) is 0. The van der Waals surface area contributed by atoms with Gasteiger partial charge in [-0.1, -0.05) is 49.4 Å². The summed E-state index contributed by atoms with van der Waals surface area (Å²) in [6.07, 6.45) is 4.26. The summed E-state index contributed by atoms with van der Waals surface area (Å²) in [6.45, 7) is 4.62. The fourth-order valence-corrected chi connectivity index (χ4v) is 2.16. The van der Waals surface area contributed by atoms with Crippen molar-refractivity contribution >= 4 is 17.7 Å². The van der Waals surface area contributed by atoms with Crippen molar-refractivity contribution in [3.8, 4) is 0 Å². The van der Waals surface area contributed by atoms with Crippen LogP contribution in [0.15, 0.2) is 46.2 Å². The maximum atomic E-state index is 11.4. The first-order valence-electron chi connectivity index (χ1n) is 6.27. The fourth-order valence-electron chi connectivity index (χ4n) is 1.33. The maximum Gasteiger partial charge on any atom is 0.309 e. The Hall–Kier alpha value is -1.22. The van der Waals surface area contributed by atoms with E-state index in [4.69, 9.17) is 4.74 Å². The molecule has 3 heteroatoms. The van der Waals surface area contributed by atoms with Gasteiger partial charge in [-0.05, 0) is 30.4 Å². The van der Waals surface area contributed by atoms with E-state index >= 15 is 0 Å². The molecule has 0 radical (unpaired) electrons. The minimum atomic E-state index is -0.142. The maximum absolute atomic E-state index is 11.4. The third-order valence-electron chi connectivity index (χ3n) is 2.34. The van der Waals surface area contributed by atoms with E-state index in [2.05, 4.69) is 19.1 Å². The van der Waals surface area contributed by atoms with Gasteiger partial charge in [-0.3, -0.25) is 4.79 Å². The zero-order chi connectivity index (χ0) is 13.2. The molecular formula is C15H20O2S. The molecule has 0 saturated carbocycles. The second-order valence-electron chi connectivity index (χ2n) is 4.01. The van der Waals surface area contributed by atoms with Crippen molar-refractivity contribution < 1.29 is 9.53 Å². The van der Waals surface area contributed by atoms with Crippen molar-refractivity contribution in [3.05, 3.63) is 41.3 Å². The highest BCUT2D eigenvalue weighted by atomic mass is 32.2. The van der Waals surface area contributed by atoms with Crippen molar-refractivity contribution in [1.82, 2.24) is 0 Å². The van der Waals surface area contributed by atoms with Gasteiger partial charge in [-0.25, -0.2) is 0 Å². The van der Waals surface area contributed by atoms with Crippen LogP contribution in [-0.4, -0.2) is 12.6 Å². The molecule has 0 aliphatic rings. The number of carbonyl (C=O) groups excluding carboxylic acids is 1. The van der Waals surface area contributed by atoms with Crippen LogP contribution in [0.4, 0.5) is 0 Å². The molecule has 0 aliphatic heterocycles. The lowest BCUT2D eigenvalue weighted by atomic mass is 10.3. The average molecular weight is 264 g/mol. The smallest absolute Gasteiger partial charge is 0.309 e. The molecule has 0 saturated heterocycles. The third kappa shape index (κ3) is 6.50. The Bertz CT molecular complexity index is 385. The highest BCUT2D eigenvalue weighted by Crippen LogP contribution is 2.25. The summed E-state index contributed by atoms with van der Waals surface area (Å²) in [6, 6.07) is 10.1. The molecule has 2 nitrogen and oxygen atoms in total. The summed E-state index contributed by atoms with van der Waals surface area (Å²) < 4.78 is 5.09. The number of thioether (sulfide) groups is 1. The molecule has 98 valence electrons. The molecule has 0 spiro atoms. The SMILES string of the molecule is CCCCOC(=O)CC=C(C)Sc1ccccc1. The molecular weight excluding hydrogens is 244 g/mol. The molecule has 1 rings (SSSR count). The second kappa shape index (κ2) is 8.81. The zero-order valence-electron chi connectivity index (χ0n) is 11.0. The molecule has 0 aliphatic carbocycles. The first-order chi connectivity index (χ1) is 8.72. The number of esters is 1. The van der Waals surface area contributed by atoms with E-state index < -0.39 is 0 Å². The van der Waals surface area contributed by atoms with Gasteiger partial charge in [0.25, 0.3) is 0 Å². The van der Waals surface area contributed by atoms with Gasteiger partial charge in [0.05, 0.1) is 13.0 Å². The minimum Gasteiger partial charge on any atom is -0.465 e. The lowest BCUT2D eigenvalue weighted by Crippen LogP contribution is -2.04. The Morgan fingerprint density at radius 2 is 2.06 bits per heavy atom. The van der Waals surface area contributed by atoms with Crippen LogP contribution in [0.3, 0.4) is 0 Å². The van der Waals surface area contributed by atoms with Crippen LogP contribution < -0.4 is 0 Å². The van der Waals surface area contributed by atoms with Crippen LogP contribution >= 0.6 is 11.8 Å². The molecule has 0 bridgehead atoms. The highest BCUT2D eigenvalue weighted by Gasteiger charge is 2.01. The van der Waals surface area contributed by atoms with Gasteiger partial charge in [-0.2, -0.15) is 0 Å². The van der Waals surface area contributed by atoms with Crippen LogP contribution in [0.1, 0.15) is 33.1 Å². The third-order valence-corrected chi connectivity index (χ3v) is 3.34. The summed E-state index contributed by atoms with van der Waals surface area (Å²) in [4.78, 5) is 13.7. The molecule has 0 N–H and O–H groups in total. The van der Waals surface area contributed by atoms with Crippen LogP contribution in [0.5, 0.6) is 0 Å². The lowest BCUT2D eigenvalue weighted by molar-refractivity contribution is -0.142. The van der Waals surface area contributed by atoms with E-state index in [9.17, 15) is 4.79 Å². The Morgan fingerprint density at radius 1 is 1.33 bits per heavy atom. The number of benzene rings is 1. The Kier molecular flexibility index (Phi) is 7.26. The molecule has 1 aromatic rings. The van der Waals surface area contributed by atoms with E-state index in [0.29, 0.717) is 13.0 Å². The summed E-state index contributed by atoms with van der Waals surface area (Å²) in [7, 11) is 0. The number of hydrogen-bond acceptors (Lipinski definition) is 3. The van der Waals surface area contributed by atoms with Gasteiger partial charge in [0.1, 0.15) is 0 Å². The van der Waals surface area contributed by atoms with Crippen LogP contribution in [0.25, 0.3) is 0 Å². The van der Waals surface area contributed by atoms with Crippen molar-refractivity contribution in [2.45, 2.75) is 38.0 Å². The van der Waals surface area contributed by atoms with Gasteiger partial charge in [-0.15, -0.1) is 0 Å². The first kappa shape index (κ1) is 14.8.